The van der Waals surface area contributed by atoms with Gasteiger partial charge in [-0.2, -0.15) is 21.6 Å². The number of anilines is 1. The molecule has 33 heteroatoms. The quantitative estimate of drug-likeness (QED) is 0.0632. The Labute approximate surface area is 275 Å². The second-order valence-corrected chi connectivity index (χ2v) is 19.0. The number of unbranched alkanes of at least 4 members (excludes halogenated alkanes) is 3. The van der Waals surface area contributed by atoms with Gasteiger partial charge in [-0.25, -0.2) is 42.3 Å². The number of fused-ring (bicyclic) bond motifs is 1. The number of aliphatic hydroxyl groups is 1. The first-order chi connectivity index (χ1) is 22.4. The largest absolute Gasteiger partial charge is 0.490 e. The highest BCUT2D eigenvalue weighted by Crippen LogP contribution is 2.75. The minimum absolute atomic E-state index is 0.0467. The topological polar surface area (TPSA) is 414 Å². The Morgan fingerprint density at radius 2 is 1.27 bits per heavy atom. The van der Waals surface area contributed by atoms with Gasteiger partial charge in [0.1, 0.15) is 24.2 Å². The second kappa shape index (κ2) is 16.8. The van der Waals surface area contributed by atoms with Crippen LogP contribution in [0.15, 0.2) is 12.7 Å². The lowest BCUT2D eigenvalue weighted by molar-refractivity contribution is -0.0423. The number of ether oxygens (including phenoxy) is 1. The molecular formula is C16H32N6O21P6. The van der Waals surface area contributed by atoms with Gasteiger partial charge in [0.15, 0.2) is 11.5 Å². The summed E-state index contributed by atoms with van der Waals surface area (Å²) < 4.78 is 106. The number of hydrogen-bond acceptors (Lipinski definition) is 20. The minimum Gasteiger partial charge on any atom is -0.390 e. The van der Waals surface area contributed by atoms with E-state index < -0.39 is 78.6 Å². The van der Waals surface area contributed by atoms with Crippen molar-refractivity contribution in [3.05, 3.63) is 12.7 Å². The molecule has 2 aromatic rings. The first kappa shape index (κ1) is 42.5. The number of hydrogen-bond donors (Lipinski definition) is 9. The van der Waals surface area contributed by atoms with E-state index in [4.69, 9.17) is 16.2 Å². The molecule has 0 aliphatic carbocycles. The molecule has 3 heterocycles. The van der Waals surface area contributed by atoms with Crippen LogP contribution in [-0.2, 0) is 62.7 Å². The Balaban J connectivity index is 1.52. The molecule has 27 nitrogen and oxygen atoms in total. The molecule has 0 saturated carbocycles. The first-order valence-corrected chi connectivity index (χ1v) is 22.2. The standard InChI is InChI=1S/C16H32N6O21P6/c17-5-3-1-2-4-6-36-44(24,25)39-46(28,29)41-48(32,33)43-49(34,35)42-47(30,31)40-45(26,27)37-8-12-11(23)7-13(38-12)22-10-21-14-15(18)19-9-20-16(14)22/h9-13,23H,1-8,17H2,(H,24,25)(H,26,27)(H,28,29)(H,30,31)(H,32,33)(H,34,35)(H2,18,19,20)/t11?,12-,13-/m1/s1. The van der Waals surface area contributed by atoms with Crippen LogP contribution in [-0.4, -0.2) is 86.0 Å². The fourth-order valence-electron chi connectivity index (χ4n) is 3.82. The van der Waals surface area contributed by atoms with Crippen LogP contribution in [0.5, 0.6) is 0 Å². The number of phosphoric acid groups is 6. The number of aliphatic hydroxyl groups excluding tert-OH is 1. The van der Waals surface area contributed by atoms with Crippen LogP contribution in [0.3, 0.4) is 0 Å². The van der Waals surface area contributed by atoms with Crippen molar-refractivity contribution in [2.24, 2.45) is 5.73 Å². The van der Waals surface area contributed by atoms with Gasteiger partial charge in [-0.15, -0.1) is 0 Å². The Bertz CT molecular complexity index is 1740. The summed E-state index contributed by atoms with van der Waals surface area (Å²) in [4.78, 5) is 69.6. The Kier molecular flexibility index (Phi) is 14.6. The Morgan fingerprint density at radius 3 is 1.82 bits per heavy atom. The monoisotopic (exact) mass is 830 g/mol. The van der Waals surface area contributed by atoms with Gasteiger partial charge in [0.2, 0.25) is 0 Å². The highest BCUT2D eigenvalue weighted by Gasteiger charge is 2.50. The van der Waals surface area contributed by atoms with Gasteiger partial charge in [0.25, 0.3) is 0 Å². The lowest BCUT2D eigenvalue weighted by Crippen LogP contribution is -2.26. The molecule has 1 aliphatic rings. The van der Waals surface area contributed by atoms with Gasteiger partial charge >= 0.3 is 46.9 Å². The van der Waals surface area contributed by atoms with Crippen molar-refractivity contribution >= 4 is 63.9 Å². The van der Waals surface area contributed by atoms with Crippen LogP contribution in [0, 0.1) is 0 Å². The zero-order valence-corrected chi connectivity index (χ0v) is 29.9. The molecule has 282 valence electrons. The van der Waals surface area contributed by atoms with E-state index in [1.807, 2.05) is 0 Å². The van der Waals surface area contributed by atoms with Crippen molar-refractivity contribution < 1.29 is 97.2 Å². The summed E-state index contributed by atoms with van der Waals surface area (Å²) in [5.41, 5.74) is 11.5. The fraction of sp³-hybridized carbons (Fsp3) is 0.688. The van der Waals surface area contributed by atoms with Crippen molar-refractivity contribution in [1.29, 1.82) is 0 Å². The third-order valence-corrected chi connectivity index (χ3v) is 14.9. The number of rotatable bonds is 21. The van der Waals surface area contributed by atoms with Crippen molar-refractivity contribution in [3.63, 3.8) is 0 Å². The summed E-state index contributed by atoms with van der Waals surface area (Å²) in [5.74, 6) is 0.0467. The fourth-order valence-corrected chi connectivity index (χ4v) is 11.7. The highest BCUT2D eigenvalue weighted by atomic mass is 31.3. The SMILES string of the molecule is NCCCCCCOP(=O)(O)OP(=O)(O)OP(=O)(O)OP(=O)(O)OP(=O)(O)OP(=O)(O)OC[C@H]1O[C@@H](n2cnc3c(N)ncnc32)CC1O. The first-order valence-electron chi connectivity index (χ1n) is 13.2. The molecule has 0 aromatic carbocycles. The molecule has 7 unspecified atom stereocenters. The van der Waals surface area contributed by atoms with Crippen molar-refractivity contribution in [2.75, 3.05) is 25.5 Å². The van der Waals surface area contributed by atoms with Gasteiger partial charge < -0.3 is 50.7 Å². The predicted octanol–water partition coefficient (Wildman–Crippen LogP) is 1.29. The normalized spacial score (nSPS) is 25.8. The van der Waals surface area contributed by atoms with Gasteiger partial charge in [-0.1, -0.05) is 12.8 Å². The van der Waals surface area contributed by atoms with Gasteiger partial charge in [0.05, 0.1) is 25.6 Å². The molecule has 0 amide bonds. The van der Waals surface area contributed by atoms with Crippen LogP contribution in [0.25, 0.3) is 11.2 Å². The number of nitrogens with two attached hydrogens (primary N) is 2. The summed E-state index contributed by atoms with van der Waals surface area (Å²) in [6, 6.07) is 0. The van der Waals surface area contributed by atoms with E-state index in [-0.39, 0.29) is 29.8 Å². The van der Waals surface area contributed by atoms with E-state index in [1.54, 1.807) is 0 Å². The number of aromatic nitrogens is 4. The van der Waals surface area contributed by atoms with Crippen LogP contribution < -0.4 is 11.5 Å². The van der Waals surface area contributed by atoms with E-state index in [0.29, 0.717) is 25.8 Å². The van der Waals surface area contributed by atoms with E-state index in [9.17, 15) is 61.9 Å². The van der Waals surface area contributed by atoms with Crippen LogP contribution >= 0.6 is 46.9 Å². The predicted molar refractivity (Wildman–Crippen MR) is 158 cm³/mol. The minimum atomic E-state index is -6.42. The number of phosphoric ester groups is 2. The summed E-state index contributed by atoms with van der Waals surface area (Å²) in [6.45, 7) is -1.09. The smallest absolute Gasteiger partial charge is 0.390 e. The lowest BCUT2D eigenvalue weighted by atomic mass is 10.2. The van der Waals surface area contributed by atoms with Crippen molar-refractivity contribution in [3.8, 4) is 0 Å². The van der Waals surface area contributed by atoms with E-state index >= 15 is 0 Å². The van der Waals surface area contributed by atoms with Gasteiger partial charge in [-0.05, 0) is 19.4 Å². The average Bonchev–Trinajstić information content (AvgIpc) is 3.50. The van der Waals surface area contributed by atoms with Crippen LogP contribution in [0.1, 0.15) is 38.3 Å². The molecule has 3 rings (SSSR count). The molecule has 1 aliphatic heterocycles. The number of nitrogen functional groups attached to an aromatic ring is 1. The third kappa shape index (κ3) is 13.9. The maximum Gasteiger partial charge on any atom is 0.490 e. The van der Waals surface area contributed by atoms with E-state index in [2.05, 4.69) is 45.6 Å². The Morgan fingerprint density at radius 1 is 0.755 bits per heavy atom. The third-order valence-electron chi connectivity index (χ3n) is 5.69. The molecule has 9 atom stereocenters. The molecule has 1 saturated heterocycles. The van der Waals surface area contributed by atoms with Crippen LogP contribution in [0.2, 0.25) is 0 Å². The van der Waals surface area contributed by atoms with E-state index in [0.717, 1.165) is 6.33 Å². The second-order valence-electron chi connectivity index (χ2n) is 9.57. The van der Waals surface area contributed by atoms with Crippen molar-refractivity contribution in [2.45, 2.75) is 50.5 Å². The summed E-state index contributed by atoms with van der Waals surface area (Å²) >= 11 is 0. The Hall–Kier alpha value is -0.910. The molecule has 0 bridgehead atoms. The summed E-state index contributed by atoms with van der Waals surface area (Å²) in [6.07, 6.45) is 0.461. The summed E-state index contributed by atoms with van der Waals surface area (Å²) in [5, 5.41) is 10.3. The van der Waals surface area contributed by atoms with Gasteiger partial charge in [0, 0.05) is 6.42 Å². The van der Waals surface area contributed by atoms with Crippen molar-refractivity contribution in [1.82, 2.24) is 19.5 Å². The number of nitrogens with zero attached hydrogens (tertiary/aromatic N) is 4. The highest BCUT2D eigenvalue weighted by molar-refractivity contribution is 7.72. The zero-order chi connectivity index (χ0) is 36.9. The summed E-state index contributed by atoms with van der Waals surface area (Å²) in [7, 11) is -36.4. The van der Waals surface area contributed by atoms with Crippen LogP contribution in [0.4, 0.5) is 5.82 Å². The molecule has 49 heavy (non-hydrogen) atoms. The number of imidazole rings is 1. The molecule has 2 aromatic heterocycles. The average molecular weight is 830 g/mol. The zero-order valence-electron chi connectivity index (χ0n) is 24.5. The molecular weight excluding hydrogens is 798 g/mol. The lowest BCUT2D eigenvalue weighted by Gasteiger charge is -2.21. The molecule has 0 spiro atoms. The molecule has 11 N–H and O–H groups in total. The molecule has 1 fully saturated rings. The van der Waals surface area contributed by atoms with E-state index in [1.165, 1.54) is 10.9 Å². The van der Waals surface area contributed by atoms with Gasteiger partial charge in [-0.3, -0.25) is 13.6 Å². The maximum atomic E-state index is 12.3. The maximum absolute atomic E-state index is 12.3. The molecule has 0 radical (unpaired) electrons.